The molecule has 0 aliphatic carbocycles. The predicted octanol–water partition coefficient (Wildman–Crippen LogP) is 3.19. The number of hydrogen-bond donors (Lipinski definition) is 0. The van der Waals surface area contributed by atoms with Gasteiger partial charge in [0.05, 0.1) is 5.88 Å². The highest BCUT2D eigenvalue weighted by Crippen LogP contribution is 2.29. The van der Waals surface area contributed by atoms with E-state index in [2.05, 4.69) is 6.92 Å². The highest BCUT2D eigenvalue weighted by molar-refractivity contribution is 6.30. The van der Waals surface area contributed by atoms with Crippen LogP contribution in [0.5, 0.6) is 0 Å². The predicted molar refractivity (Wildman–Crippen MR) is 77.1 cm³/mol. The Bertz CT molecular complexity index is 499. The number of benzene rings is 1. The van der Waals surface area contributed by atoms with Gasteiger partial charge in [0.15, 0.2) is 5.78 Å². The van der Waals surface area contributed by atoms with Gasteiger partial charge in [0.25, 0.3) is 0 Å². The SMILES string of the molecule is CCCCC(=O)N1CCc2cc(C(=O)CCl)ccc21. The molecule has 0 unspecified atom stereocenters. The number of hydrogen-bond acceptors (Lipinski definition) is 2. The molecule has 0 aromatic heterocycles. The summed E-state index contributed by atoms with van der Waals surface area (Å²) in [5, 5.41) is 0. The lowest BCUT2D eigenvalue weighted by Gasteiger charge is -2.17. The van der Waals surface area contributed by atoms with Crippen molar-refractivity contribution in [2.24, 2.45) is 0 Å². The molecule has 0 saturated carbocycles. The second kappa shape index (κ2) is 6.20. The van der Waals surface area contributed by atoms with E-state index in [1.165, 1.54) is 0 Å². The molecule has 0 radical (unpaired) electrons. The van der Waals surface area contributed by atoms with Gasteiger partial charge in [-0.3, -0.25) is 9.59 Å². The maximum atomic E-state index is 12.1. The van der Waals surface area contributed by atoms with Crippen molar-refractivity contribution >= 4 is 29.0 Å². The van der Waals surface area contributed by atoms with Gasteiger partial charge < -0.3 is 4.90 Å². The zero-order valence-corrected chi connectivity index (χ0v) is 11.9. The molecule has 1 heterocycles. The lowest BCUT2D eigenvalue weighted by Crippen LogP contribution is -2.28. The molecule has 0 N–H and O–H groups in total. The Kier molecular flexibility index (Phi) is 4.59. The molecular formula is C15H18ClNO2. The molecular weight excluding hydrogens is 262 g/mol. The first-order chi connectivity index (χ1) is 9.17. The fourth-order valence-corrected chi connectivity index (χ4v) is 2.53. The third kappa shape index (κ3) is 2.98. The fraction of sp³-hybridized carbons (Fsp3) is 0.467. The number of halogens is 1. The molecule has 0 fully saturated rings. The van der Waals surface area contributed by atoms with Crippen molar-refractivity contribution in [1.29, 1.82) is 0 Å². The minimum absolute atomic E-state index is 0.00205. The number of Topliss-reactive ketones (excluding diaryl/α,β-unsaturated/α-hetero) is 1. The summed E-state index contributed by atoms with van der Waals surface area (Å²) in [6.45, 7) is 2.80. The molecule has 1 aliphatic heterocycles. The third-order valence-corrected chi connectivity index (χ3v) is 3.71. The summed E-state index contributed by atoms with van der Waals surface area (Å²) in [6.07, 6.45) is 3.36. The highest BCUT2D eigenvalue weighted by Gasteiger charge is 2.24. The van der Waals surface area contributed by atoms with Crippen molar-refractivity contribution in [1.82, 2.24) is 0 Å². The number of amides is 1. The van der Waals surface area contributed by atoms with E-state index in [1.54, 1.807) is 6.07 Å². The van der Waals surface area contributed by atoms with Gasteiger partial charge >= 0.3 is 0 Å². The van der Waals surface area contributed by atoms with Crippen molar-refractivity contribution in [2.75, 3.05) is 17.3 Å². The van der Waals surface area contributed by atoms with Crippen molar-refractivity contribution in [3.8, 4) is 0 Å². The molecule has 19 heavy (non-hydrogen) atoms. The van der Waals surface area contributed by atoms with Crippen LogP contribution in [0, 0.1) is 0 Å². The van der Waals surface area contributed by atoms with Gasteiger partial charge in [0.1, 0.15) is 0 Å². The van der Waals surface area contributed by atoms with Crippen molar-refractivity contribution in [3.63, 3.8) is 0 Å². The van der Waals surface area contributed by atoms with E-state index in [4.69, 9.17) is 11.6 Å². The topological polar surface area (TPSA) is 37.4 Å². The summed E-state index contributed by atoms with van der Waals surface area (Å²) in [5.74, 6) is 0.107. The molecule has 4 heteroatoms. The summed E-state index contributed by atoms with van der Waals surface area (Å²) < 4.78 is 0. The van der Waals surface area contributed by atoms with Crippen LogP contribution in [0.4, 0.5) is 5.69 Å². The van der Waals surface area contributed by atoms with Gasteiger partial charge in [-0.1, -0.05) is 13.3 Å². The minimum Gasteiger partial charge on any atom is -0.312 e. The van der Waals surface area contributed by atoms with E-state index in [-0.39, 0.29) is 17.6 Å². The number of alkyl halides is 1. The average Bonchev–Trinajstić information content (AvgIpc) is 2.86. The van der Waals surface area contributed by atoms with Crippen LogP contribution in [-0.4, -0.2) is 24.1 Å². The molecule has 102 valence electrons. The Labute approximate surface area is 118 Å². The monoisotopic (exact) mass is 279 g/mol. The van der Waals surface area contributed by atoms with Crippen LogP contribution in [0.1, 0.15) is 42.1 Å². The van der Waals surface area contributed by atoms with Gasteiger partial charge in [-0.25, -0.2) is 0 Å². The zero-order valence-electron chi connectivity index (χ0n) is 11.1. The first-order valence-corrected chi connectivity index (χ1v) is 7.23. The van der Waals surface area contributed by atoms with Crippen molar-refractivity contribution < 1.29 is 9.59 Å². The average molecular weight is 280 g/mol. The van der Waals surface area contributed by atoms with Gasteiger partial charge in [-0.05, 0) is 36.6 Å². The summed E-state index contributed by atoms with van der Waals surface area (Å²) >= 11 is 5.56. The van der Waals surface area contributed by atoms with E-state index >= 15 is 0 Å². The summed E-state index contributed by atoms with van der Waals surface area (Å²) in [4.78, 5) is 25.5. The number of carbonyl (C=O) groups excluding carboxylic acids is 2. The van der Waals surface area contributed by atoms with E-state index in [0.29, 0.717) is 12.0 Å². The van der Waals surface area contributed by atoms with Crippen LogP contribution in [0.3, 0.4) is 0 Å². The maximum absolute atomic E-state index is 12.1. The fourth-order valence-electron chi connectivity index (χ4n) is 2.37. The Morgan fingerprint density at radius 3 is 2.84 bits per heavy atom. The van der Waals surface area contributed by atoms with E-state index in [1.807, 2.05) is 17.0 Å². The summed E-state index contributed by atoms with van der Waals surface area (Å²) in [7, 11) is 0. The summed E-state index contributed by atoms with van der Waals surface area (Å²) in [6, 6.07) is 5.49. The molecule has 0 spiro atoms. The normalized spacial score (nSPS) is 13.5. The Balaban J connectivity index is 2.17. The molecule has 0 atom stereocenters. The van der Waals surface area contributed by atoms with Gasteiger partial charge in [0, 0.05) is 24.2 Å². The maximum Gasteiger partial charge on any atom is 0.226 e. The van der Waals surface area contributed by atoms with E-state index in [0.717, 1.165) is 37.1 Å². The van der Waals surface area contributed by atoms with E-state index < -0.39 is 0 Å². The first kappa shape index (κ1) is 14.1. The standard InChI is InChI=1S/C15H18ClNO2/c1-2-3-4-15(19)17-8-7-11-9-12(14(18)10-16)5-6-13(11)17/h5-6,9H,2-4,7-8,10H2,1H3. The Morgan fingerprint density at radius 2 is 2.16 bits per heavy atom. The number of nitrogens with zero attached hydrogens (tertiary/aromatic N) is 1. The van der Waals surface area contributed by atoms with Crippen LogP contribution in [0.2, 0.25) is 0 Å². The Morgan fingerprint density at radius 1 is 1.37 bits per heavy atom. The smallest absolute Gasteiger partial charge is 0.226 e. The molecule has 1 aromatic carbocycles. The van der Waals surface area contributed by atoms with Crippen LogP contribution in [0.15, 0.2) is 18.2 Å². The second-order valence-electron chi connectivity index (χ2n) is 4.80. The quantitative estimate of drug-likeness (QED) is 0.613. The minimum atomic E-state index is -0.0692. The van der Waals surface area contributed by atoms with Crippen LogP contribution >= 0.6 is 11.6 Å². The Hall–Kier alpha value is -1.35. The molecule has 3 nitrogen and oxygen atoms in total. The molecule has 2 rings (SSSR count). The number of ketones is 1. The molecule has 1 amide bonds. The van der Waals surface area contributed by atoms with Gasteiger partial charge in [0.2, 0.25) is 5.91 Å². The second-order valence-corrected chi connectivity index (χ2v) is 5.07. The summed E-state index contributed by atoms with van der Waals surface area (Å²) in [5.41, 5.74) is 2.66. The number of rotatable bonds is 5. The van der Waals surface area contributed by atoms with Crippen LogP contribution in [0.25, 0.3) is 0 Å². The van der Waals surface area contributed by atoms with E-state index in [9.17, 15) is 9.59 Å². The largest absolute Gasteiger partial charge is 0.312 e. The van der Waals surface area contributed by atoms with Crippen molar-refractivity contribution in [2.45, 2.75) is 32.6 Å². The van der Waals surface area contributed by atoms with Crippen LogP contribution in [-0.2, 0) is 11.2 Å². The third-order valence-electron chi connectivity index (χ3n) is 3.46. The molecule has 1 aliphatic rings. The molecule has 0 saturated heterocycles. The molecule has 0 bridgehead atoms. The number of unbranched alkanes of at least 4 members (excludes halogenated alkanes) is 1. The lowest BCUT2D eigenvalue weighted by atomic mass is 10.1. The van der Waals surface area contributed by atoms with Crippen molar-refractivity contribution in [3.05, 3.63) is 29.3 Å². The van der Waals surface area contributed by atoms with Gasteiger partial charge in [-0.15, -0.1) is 11.6 Å². The zero-order chi connectivity index (χ0) is 13.8. The van der Waals surface area contributed by atoms with Crippen LogP contribution < -0.4 is 4.90 Å². The number of carbonyl (C=O) groups is 2. The number of fused-ring (bicyclic) bond motifs is 1. The number of anilines is 1. The first-order valence-electron chi connectivity index (χ1n) is 6.69. The molecule has 1 aromatic rings. The van der Waals surface area contributed by atoms with Gasteiger partial charge in [-0.2, -0.15) is 0 Å². The lowest BCUT2D eigenvalue weighted by molar-refractivity contribution is -0.118. The highest BCUT2D eigenvalue weighted by atomic mass is 35.5.